The molecule has 0 atom stereocenters. The first kappa shape index (κ1) is 18.7. The van der Waals surface area contributed by atoms with Crippen molar-refractivity contribution < 1.29 is 9.53 Å². The van der Waals surface area contributed by atoms with Gasteiger partial charge in [0, 0.05) is 40.9 Å². The van der Waals surface area contributed by atoms with Gasteiger partial charge in [0.15, 0.2) is 0 Å². The molecule has 3 heterocycles. The number of aromatic amines is 1. The molecule has 1 amide bonds. The number of alkyl carbamates (subject to hydrolysis) is 1. The van der Waals surface area contributed by atoms with E-state index in [0.717, 1.165) is 45.8 Å². The fourth-order valence-electron chi connectivity index (χ4n) is 3.34. The van der Waals surface area contributed by atoms with Gasteiger partial charge in [0.1, 0.15) is 16.3 Å². The van der Waals surface area contributed by atoms with E-state index < -0.39 is 5.60 Å². The summed E-state index contributed by atoms with van der Waals surface area (Å²) < 4.78 is 5.33. The van der Waals surface area contributed by atoms with Gasteiger partial charge in [-0.3, -0.25) is 0 Å². The lowest BCUT2D eigenvalue weighted by Crippen LogP contribution is -2.50. The Bertz CT molecular complexity index is 998. The fourth-order valence-corrected chi connectivity index (χ4v) is 4.15. The number of nitrogens with zero attached hydrogens (tertiary/aromatic N) is 2. The van der Waals surface area contributed by atoms with Gasteiger partial charge >= 0.3 is 6.09 Å². The van der Waals surface area contributed by atoms with Crippen LogP contribution in [0.1, 0.15) is 39.3 Å². The van der Waals surface area contributed by atoms with Crippen LogP contribution in [0.15, 0.2) is 23.8 Å². The number of anilines is 1. The van der Waals surface area contributed by atoms with E-state index in [4.69, 9.17) is 4.74 Å². The first-order valence-corrected chi connectivity index (χ1v) is 10.3. The van der Waals surface area contributed by atoms with Crippen LogP contribution in [0.2, 0.25) is 0 Å². The average Bonchev–Trinajstić information content (AvgIpc) is 3.19. The molecular weight excluding hydrogens is 374 g/mol. The molecule has 28 heavy (non-hydrogen) atoms. The van der Waals surface area contributed by atoms with E-state index in [-0.39, 0.29) is 18.2 Å². The summed E-state index contributed by atoms with van der Waals surface area (Å²) >= 11 is 1.62. The third-order valence-electron chi connectivity index (χ3n) is 4.64. The Kier molecular flexibility index (Phi) is 4.74. The topological polar surface area (TPSA) is 91.9 Å². The molecule has 0 saturated heterocycles. The van der Waals surface area contributed by atoms with Crippen molar-refractivity contribution >= 4 is 34.2 Å². The molecule has 0 radical (unpaired) electrons. The molecular formula is C20H25N5O2S. The Morgan fingerprint density at radius 3 is 2.79 bits per heavy atom. The maximum absolute atomic E-state index is 11.9. The number of aromatic nitrogens is 3. The first-order valence-electron chi connectivity index (χ1n) is 9.43. The molecule has 7 nitrogen and oxygen atoms in total. The third kappa shape index (κ3) is 3.96. The number of hydrogen-bond acceptors (Lipinski definition) is 6. The number of thiazole rings is 1. The van der Waals surface area contributed by atoms with Gasteiger partial charge in [0.05, 0.1) is 11.3 Å². The minimum atomic E-state index is -0.483. The molecule has 8 heteroatoms. The molecule has 0 spiro atoms. The molecule has 1 aliphatic rings. The lowest BCUT2D eigenvalue weighted by atomic mass is 9.86. The fraction of sp³-hybridized carbons (Fsp3) is 0.450. The summed E-state index contributed by atoms with van der Waals surface area (Å²) in [5.74, 6) is 0. The molecule has 3 N–H and O–H groups in total. The number of amides is 1. The Labute approximate surface area is 167 Å². The van der Waals surface area contributed by atoms with Crippen molar-refractivity contribution in [2.45, 2.75) is 58.2 Å². The molecule has 4 rings (SSSR count). The van der Waals surface area contributed by atoms with Crippen LogP contribution in [0.25, 0.3) is 21.6 Å². The highest BCUT2D eigenvalue weighted by Gasteiger charge is 2.32. The van der Waals surface area contributed by atoms with Crippen LogP contribution in [0.3, 0.4) is 0 Å². The highest BCUT2D eigenvalue weighted by atomic mass is 32.1. The van der Waals surface area contributed by atoms with Crippen molar-refractivity contribution in [2.24, 2.45) is 0 Å². The van der Waals surface area contributed by atoms with E-state index >= 15 is 0 Å². The average molecular weight is 400 g/mol. The SMILES string of the molecule is Cc1csc(-c2cnc3[nH]ccc3c2NC2CC(NC(=O)OC(C)(C)C)C2)n1. The van der Waals surface area contributed by atoms with E-state index in [1.54, 1.807) is 11.3 Å². The monoisotopic (exact) mass is 399 g/mol. The van der Waals surface area contributed by atoms with Crippen LogP contribution in [0.5, 0.6) is 0 Å². The zero-order chi connectivity index (χ0) is 19.9. The van der Waals surface area contributed by atoms with Gasteiger partial charge in [0.25, 0.3) is 0 Å². The highest BCUT2D eigenvalue weighted by molar-refractivity contribution is 7.13. The van der Waals surface area contributed by atoms with Crippen molar-refractivity contribution in [1.82, 2.24) is 20.3 Å². The van der Waals surface area contributed by atoms with Crippen LogP contribution in [0, 0.1) is 6.92 Å². The van der Waals surface area contributed by atoms with Crippen LogP contribution in [0.4, 0.5) is 10.5 Å². The standard InChI is InChI=1S/C20H25N5O2S/c1-11-10-28-18(23-11)15-9-22-17-14(5-6-21-17)16(15)24-12-7-13(8-12)25-19(26)27-20(2,3)4/h5-6,9-10,12-13H,7-8H2,1-4H3,(H,25,26)(H2,21,22,24). The molecule has 1 saturated carbocycles. The zero-order valence-corrected chi connectivity index (χ0v) is 17.3. The number of aryl methyl sites for hydroxylation is 1. The Morgan fingerprint density at radius 1 is 1.32 bits per heavy atom. The summed E-state index contributed by atoms with van der Waals surface area (Å²) in [6, 6.07) is 2.44. The van der Waals surface area contributed by atoms with Gasteiger partial charge in [0.2, 0.25) is 0 Å². The summed E-state index contributed by atoms with van der Waals surface area (Å²) in [5, 5.41) is 10.6. The Morgan fingerprint density at radius 2 is 2.11 bits per heavy atom. The predicted molar refractivity (Wildman–Crippen MR) is 112 cm³/mol. The van der Waals surface area contributed by atoms with Gasteiger partial charge in [-0.1, -0.05) is 0 Å². The van der Waals surface area contributed by atoms with Crippen LogP contribution in [-0.2, 0) is 4.74 Å². The van der Waals surface area contributed by atoms with E-state index in [9.17, 15) is 4.79 Å². The van der Waals surface area contributed by atoms with Gasteiger partial charge in [-0.25, -0.2) is 14.8 Å². The number of nitrogens with one attached hydrogen (secondary N) is 3. The molecule has 0 unspecified atom stereocenters. The molecule has 0 aromatic carbocycles. The maximum Gasteiger partial charge on any atom is 0.407 e. The number of carbonyl (C=O) groups is 1. The number of carbonyl (C=O) groups excluding carboxylic acids is 1. The van der Waals surface area contributed by atoms with E-state index in [0.29, 0.717) is 0 Å². The summed E-state index contributed by atoms with van der Waals surface area (Å²) in [5.41, 5.74) is 3.42. The second kappa shape index (κ2) is 7.09. The van der Waals surface area contributed by atoms with Gasteiger partial charge in [-0.05, 0) is 46.6 Å². The number of ether oxygens (including phenoxy) is 1. The van der Waals surface area contributed by atoms with Gasteiger partial charge < -0.3 is 20.4 Å². The minimum absolute atomic E-state index is 0.126. The second-order valence-corrected chi connectivity index (χ2v) is 9.09. The molecule has 3 aromatic rings. The zero-order valence-electron chi connectivity index (χ0n) is 16.5. The summed E-state index contributed by atoms with van der Waals surface area (Å²) in [7, 11) is 0. The number of hydrogen-bond donors (Lipinski definition) is 3. The molecule has 148 valence electrons. The van der Waals surface area contributed by atoms with Crippen molar-refractivity contribution in [3.8, 4) is 10.6 Å². The second-order valence-electron chi connectivity index (χ2n) is 8.24. The molecule has 1 aliphatic carbocycles. The molecule has 1 fully saturated rings. The largest absolute Gasteiger partial charge is 0.444 e. The normalized spacial score (nSPS) is 19.3. The molecule has 3 aromatic heterocycles. The Hall–Kier alpha value is -2.61. The third-order valence-corrected chi connectivity index (χ3v) is 5.64. The number of rotatable bonds is 4. The first-order chi connectivity index (χ1) is 13.3. The quantitative estimate of drug-likeness (QED) is 0.602. The Balaban J connectivity index is 1.47. The van der Waals surface area contributed by atoms with Crippen molar-refractivity contribution in [1.29, 1.82) is 0 Å². The minimum Gasteiger partial charge on any atom is -0.444 e. The number of H-pyrrole nitrogens is 1. The molecule has 0 aliphatic heterocycles. The van der Waals surface area contributed by atoms with E-state index in [2.05, 4.69) is 25.6 Å². The predicted octanol–water partition coefficient (Wildman–Crippen LogP) is 4.46. The summed E-state index contributed by atoms with van der Waals surface area (Å²) in [4.78, 5) is 24.3. The number of pyridine rings is 1. The maximum atomic E-state index is 11.9. The number of fused-ring (bicyclic) bond motifs is 1. The van der Waals surface area contributed by atoms with Gasteiger partial charge in [-0.15, -0.1) is 11.3 Å². The van der Waals surface area contributed by atoms with E-state index in [1.807, 2.05) is 51.5 Å². The van der Waals surface area contributed by atoms with Crippen LogP contribution >= 0.6 is 11.3 Å². The highest BCUT2D eigenvalue weighted by Crippen LogP contribution is 2.37. The van der Waals surface area contributed by atoms with Crippen molar-refractivity contribution in [2.75, 3.05) is 5.32 Å². The lowest BCUT2D eigenvalue weighted by molar-refractivity contribution is 0.0475. The lowest BCUT2D eigenvalue weighted by Gasteiger charge is -2.37. The van der Waals surface area contributed by atoms with Crippen LogP contribution in [-0.4, -0.2) is 38.7 Å². The smallest absolute Gasteiger partial charge is 0.407 e. The van der Waals surface area contributed by atoms with Crippen molar-refractivity contribution in [3.05, 3.63) is 29.5 Å². The summed E-state index contributed by atoms with van der Waals surface area (Å²) in [6.45, 7) is 7.59. The van der Waals surface area contributed by atoms with Crippen LogP contribution < -0.4 is 10.6 Å². The van der Waals surface area contributed by atoms with Crippen molar-refractivity contribution in [3.63, 3.8) is 0 Å². The van der Waals surface area contributed by atoms with Gasteiger partial charge in [-0.2, -0.15) is 0 Å². The molecule has 0 bridgehead atoms. The summed E-state index contributed by atoms with van der Waals surface area (Å²) in [6.07, 6.45) is 5.11. The van der Waals surface area contributed by atoms with E-state index in [1.165, 1.54) is 0 Å².